The van der Waals surface area contributed by atoms with Gasteiger partial charge < -0.3 is 0 Å². The maximum atomic E-state index is 6.02. The average molecular weight is 345 g/mol. The first-order valence-electron chi connectivity index (χ1n) is 10.1. The lowest BCUT2D eigenvalue weighted by atomic mass is 9.68. The van der Waals surface area contributed by atoms with E-state index in [0.29, 0.717) is 0 Å². The topological polar surface area (TPSA) is 0 Å². The van der Waals surface area contributed by atoms with Crippen LogP contribution in [-0.4, -0.2) is 0 Å². The van der Waals surface area contributed by atoms with Crippen LogP contribution in [0.1, 0.15) is 82.1 Å². The first-order chi connectivity index (χ1) is 11.8. The molecular weight excluding hydrogens is 312 g/mol. The van der Waals surface area contributed by atoms with Gasteiger partial charge in [0.25, 0.3) is 0 Å². The van der Waals surface area contributed by atoms with Crippen LogP contribution in [0.5, 0.6) is 0 Å². The van der Waals surface area contributed by atoms with Gasteiger partial charge in [-0.05, 0) is 92.7 Å². The van der Waals surface area contributed by atoms with Crippen molar-refractivity contribution in [3.63, 3.8) is 0 Å². The van der Waals surface area contributed by atoms with Crippen molar-refractivity contribution < 1.29 is 0 Å². The van der Waals surface area contributed by atoms with E-state index >= 15 is 0 Å². The normalized spacial score (nSPS) is 30.9. The Morgan fingerprint density at radius 1 is 0.875 bits per heavy atom. The Morgan fingerprint density at radius 2 is 1.46 bits per heavy atom. The molecule has 0 heterocycles. The summed E-state index contributed by atoms with van der Waals surface area (Å²) in [5.41, 5.74) is 1.50. The standard InChI is InChI=1S/C23H33Cl/c1-2-3-4-5-18-6-8-19(9-7-18)20-10-12-21(13-11-20)22-14-16-23(24)17-15-22/h2,14-21H,1,3-13H2/t18?,19?,20-,21-. The van der Waals surface area contributed by atoms with Crippen LogP contribution in [0.15, 0.2) is 36.9 Å². The second-order valence-electron chi connectivity index (χ2n) is 8.16. The molecule has 3 rings (SSSR count). The molecule has 0 bridgehead atoms. The zero-order valence-corrected chi connectivity index (χ0v) is 15.8. The lowest BCUT2D eigenvalue weighted by Gasteiger charge is -2.38. The SMILES string of the molecule is C=CCCCC1CCC([C@H]2CC[C@H](c3ccc(Cl)cc3)CC2)CC1. The Hall–Kier alpha value is -0.750. The van der Waals surface area contributed by atoms with Crippen LogP contribution in [0.25, 0.3) is 0 Å². The van der Waals surface area contributed by atoms with Gasteiger partial charge in [0, 0.05) is 5.02 Å². The lowest BCUT2D eigenvalue weighted by molar-refractivity contribution is 0.156. The van der Waals surface area contributed by atoms with Crippen LogP contribution in [0.2, 0.25) is 5.02 Å². The summed E-state index contributed by atoms with van der Waals surface area (Å²) >= 11 is 6.02. The molecule has 0 radical (unpaired) electrons. The van der Waals surface area contributed by atoms with Crippen molar-refractivity contribution in [3.05, 3.63) is 47.5 Å². The lowest BCUT2D eigenvalue weighted by Crippen LogP contribution is -2.25. The fraction of sp³-hybridized carbons (Fsp3) is 0.652. The molecule has 0 aromatic heterocycles. The zero-order chi connectivity index (χ0) is 16.8. The summed E-state index contributed by atoms with van der Waals surface area (Å²) in [6, 6.07) is 8.58. The molecule has 0 N–H and O–H groups in total. The summed E-state index contributed by atoms with van der Waals surface area (Å²) in [4.78, 5) is 0. The molecule has 2 fully saturated rings. The van der Waals surface area contributed by atoms with Crippen molar-refractivity contribution in [2.75, 3.05) is 0 Å². The van der Waals surface area contributed by atoms with E-state index in [9.17, 15) is 0 Å². The molecule has 0 spiro atoms. The summed E-state index contributed by atoms with van der Waals surface area (Å²) in [7, 11) is 0. The van der Waals surface area contributed by atoms with Gasteiger partial charge >= 0.3 is 0 Å². The van der Waals surface area contributed by atoms with Gasteiger partial charge in [0.1, 0.15) is 0 Å². The third-order valence-electron chi connectivity index (χ3n) is 6.69. The number of hydrogen-bond donors (Lipinski definition) is 0. The van der Waals surface area contributed by atoms with E-state index < -0.39 is 0 Å². The molecule has 2 aliphatic carbocycles. The van der Waals surface area contributed by atoms with E-state index in [-0.39, 0.29) is 0 Å². The number of allylic oxidation sites excluding steroid dienone is 1. The molecular formula is C23H33Cl. The molecule has 24 heavy (non-hydrogen) atoms. The molecule has 1 heteroatoms. The Kier molecular flexibility index (Phi) is 6.84. The smallest absolute Gasteiger partial charge is 0.0406 e. The third-order valence-corrected chi connectivity index (χ3v) is 6.94. The highest BCUT2D eigenvalue weighted by Crippen LogP contribution is 2.44. The molecule has 2 aliphatic rings. The van der Waals surface area contributed by atoms with E-state index in [0.717, 1.165) is 28.7 Å². The number of benzene rings is 1. The predicted molar refractivity (Wildman–Crippen MR) is 106 cm³/mol. The van der Waals surface area contributed by atoms with Crippen LogP contribution in [-0.2, 0) is 0 Å². The molecule has 0 unspecified atom stereocenters. The number of rotatable bonds is 6. The average Bonchev–Trinajstić information content (AvgIpc) is 2.63. The minimum absolute atomic E-state index is 0.772. The maximum Gasteiger partial charge on any atom is 0.0406 e. The summed E-state index contributed by atoms with van der Waals surface area (Å²) < 4.78 is 0. The highest BCUT2D eigenvalue weighted by Gasteiger charge is 2.31. The van der Waals surface area contributed by atoms with Gasteiger partial charge in [-0.2, -0.15) is 0 Å². The molecule has 0 amide bonds. The summed E-state index contributed by atoms with van der Waals surface area (Å²) in [6.45, 7) is 3.84. The summed E-state index contributed by atoms with van der Waals surface area (Å²) in [5, 5.41) is 0.859. The fourth-order valence-corrected chi connectivity index (χ4v) is 5.28. The van der Waals surface area contributed by atoms with Crippen molar-refractivity contribution in [3.8, 4) is 0 Å². The van der Waals surface area contributed by atoms with Gasteiger partial charge in [-0.1, -0.05) is 49.1 Å². The Balaban J connectivity index is 1.41. The zero-order valence-electron chi connectivity index (χ0n) is 15.1. The second kappa shape index (κ2) is 9.09. The van der Waals surface area contributed by atoms with Crippen LogP contribution in [0, 0.1) is 17.8 Å². The van der Waals surface area contributed by atoms with Crippen LogP contribution >= 0.6 is 11.6 Å². The maximum absolute atomic E-state index is 6.02. The molecule has 0 saturated heterocycles. The van der Waals surface area contributed by atoms with Crippen LogP contribution in [0.3, 0.4) is 0 Å². The minimum Gasteiger partial charge on any atom is -0.103 e. The van der Waals surface area contributed by atoms with E-state index in [1.165, 1.54) is 76.2 Å². The predicted octanol–water partition coefficient (Wildman–Crippen LogP) is 7.78. The second-order valence-corrected chi connectivity index (χ2v) is 8.60. The van der Waals surface area contributed by atoms with Crippen molar-refractivity contribution >= 4 is 11.6 Å². The Labute approximate surface area is 153 Å². The quantitative estimate of drug-likeness (QED) is 0.365. The van der Waals surface area contributed by atoms with Gasteiger partial charge in [0.05, 0.1) is 0 Å². The first kappa shape index (κ1) is 18.1. The Bertz CT molecular complexity index is 487. The molecule has 1 aromatic carbocycles. The monoisotopic (exact) mass is 344 g/mol. The van der Waals surface area contributed by atoms with E-state index in [4.69, 9.17) is 11.6 Å². The highest BCUT2D eigenvalue weighted by molar-refractivity contribution is 6.30. The molecule has 132 valence electrons. The summed E-state index contributed by atoms with van der Waals surface area (Å²) in [6.07, 6.45) is 17.7. The van der Waals surface area contributed by atoms with Gasteiger partial charge in [-0.25, -0.2) is 0 Å². The number of unbranched alkanes of at least 4 members (excludes halogenated alkanes) is 1. The molecule has 1 aromatic rings. The van der Waals surface area contributed by atoms with Crippen molar-refractivity contribution in [2.24, 2.45) is 17.8 Å². The Morgan fingerprint density at radius 3 is 2.04 bits per heavy atom. The van der Waals surface area contributed by atoms with Crippen LogP contribution in [0.4, 0.5) is 0 Å². The van der Waals surface area contributed by atoms with Crippen molar-refractivity contribution in [1.29, 1.82) is 0 Å². The number of halogens is 1. The highest BCUT2D eigenvalue weighted by atomic mass is 35.5. The van der Waals surface area contributed by atoms with E-state index in [1.807, 2.05) is 0 Å². The van der Waals surface area contributed by atoms with Crippen LogP contribution < -0.4 is 0 Å². The number of hydrogen-bond acceptors (Lipinski definition) is 0. The molecule has 2 saturated carbocycles. The minimum atomic E-state index is 0.772. The van der Waals surface area contributed by atoms with Gasteiger partial charge in [-0.15, -0.1) is 6.58 Å². The van der Waals surface area contributed by atoms with Gasteiger partial charge in [0.2, 0.25) is 0 Å². The molecule has 0 nitrogen and oxygen atoms in total. The van der Waals surface area contributed by atoms with Crippen molar-refractivity contribution in [1.82, 2.24) is 0 Å². The molecule has 0 atom stereocenters. The first-order valence-corrected chi connectivity index (χ1v) is 10.5. The van der Waals surface area contributed by atoms with Gasteiger partial charge in [-0.3, -0.25) is 0 Å². The largest absolute Gasteiger partial charge is 0.103 e. The third kappa shape index (κ3) is 4.88. The molecule has 0 aliphatic heterocycles. The summed E-state index contributed by atoms with van der Waals surface area (Å²) in [5.74, 6) is 3.80. The van der Waals surface area contributed by atoms with E-state index in [2.05, 4.69) is 36.9 Å². The van der Waals surface area contributed by atoms with Crippen molar-refractivity contribution in [2.45, 2.75) is 76.5 Å². The van der Waals surface area contributed by atoms with E-state index in [1.54, 1.807) is 0 Å². The van der Waals surface area contributed by atoms with Gasteiger partial charge in [0.15, 0.2) is 0 Å². The fourth-order valence-electron chi connectivity index (χ4n) is 5.16.